The van der Waals surface area contributed by atoms with Gasteiger partial charge in [-0.2, -0.15) is 0 Å². The van der Waals surface area contributed by atoms with E-state index >= 15 is 0 Å². The van der Waals surface area contributed by atoms with Crippen LogP contribution in [0.3, 0.4) is 0 Å². The third kappa shape index (κ3) is 3.74. The highest BCUT2D eigenvalue weighted by Crippen LogP contribution is 2.25. The number of nitrogens with two attached hydrogens (primary N) is 1. The molecule has 0 aliphatic heterocycles. The monoisotopic (exact) mass is 334 g/mol. The second-order valence-corrected chi connectivity index (χ2v) is 5.63. The third-order valence-electron chi connectivity index (χ3n) is 3.16. The van der Waals surface area contributed by atoms with Crippen molar-refractivity contribution in [2.24, 2.45) is 0 Å². The van der Waals surface area contributed by atoms with Crippen LogP contribution in [-0.2, 0) is 13.1 Å². The average molecular weight is 335 g/mol. The number of nitrogens with zero attached hydrogens (tertiary/aromatic N) is 1. The molecule has 0 amide bonds. The molecule has 2 N–H and O–H groups in total. The largest absolute Gasteiger partial charge is 0.497 e. The molecule has 0 aromatic heterocycles. The van der Waals surface area contributed by atoms with Gasteiger partial charge in [-0.05, 0) is 52.3 Å². The second-order valence-electron chi connectivity index (χ2n) is 4.84. The average Bonchev–Trinajstić information content (AvgIpc) is 2.45. The van der Waals surface area contributed by atoms with Gasteiger partial charge in [0.2, 0.25) is 0 Å². The van der Waals surface area contributed by atoms with Gasteiger partial charge in [0.15, 0.2) is 0 Å². The van der Waals surface area contributed by atoms with Crippen LogP contribution in [0.1, 0.15) is 11.1 Å². The molecule has 4 heteroatoms. The van der Waals surface area contributed by atoms with Gasteiger partial charge in [-0.15, -0.1) is 0 Å². The predicted molar refractivity (Wildman–Crippen MR) is 86.7 cm³/mol. The van der Waals surface area contributed by atoms with E-state index in [9.17, 15) is 0 Å². The summed E-state index contributed by atoms with van der Waals surface area (Å²) in [6.07, 6.45) is 0. The minimum atomic E-state index is 0.778. The highest BCUT2D eigenvalue weighted by atomic mass is 79.9. The molecular formula is C16H19BrN2O. The fourth-order valence-electron chi connectivity index (χ4n) is 2.11. The molecule has 2 aromatic rings. The molecule has 0 saturated heterocycles. The Morgan fingerprint density at radius 2 is 1.80 bits per heavy atom. The molecule has 0 radical (unpaired) electrons. The first kappa shape index (κ1) is 14.9. The summed E-state index contributed by atoms with van der Waals surface area (Å²) in [4.78, 5) is 2.25. The Morgan fingerprint density at radius 3 is 2.45 bits per heavy atom. The van der Waals surface area contributed by atoms with E-state index in [0.29, 0.717) is 0 Å². The number of halogens is 1. The van der Waals surface area contributed by atoms with Crippen molar-refractivity contribution >= 4 is 21.6 Å². The smallest absolute Gasteiger partial charge is 0.118 e. The fourth-order valence-corrected chi connectivity index (χ4v) is 2.50. The van der Waals surface area contributed by atoms with Crippen LogP contribution in [0.4, 0.5) is 5.69 Å². The molecule has 0 spiro atoms. The maximum atomic E-state index is 5.90. The lowest BCUT2D eigenvalue weighted by Gasteiger charge is -2.18. The van der Waals surface area contributed by atoms with E-state index in [4.69, 9.17) is 10.5 Å². The maximum absolute atomic E-state index is 5.90. The summed E-state index contributed by atoms with van der Waals surface area (Å²) in [6, 6.07) is 14.1. The molecule has 0 saturated carbocycles. The zero-order valence-corrected chi connectivity index (χ0v) is 13.4. The number of hydrogen-bond donors (Lipinski definition) is 1. The minimum absolute atomic E-state index is 0.778. The van der Waals surface area contributed by atoms with Crippen molar-refractivity contribution in [2.45, 2.75) is 13.1 Å². The first-order chi connectivity index (χ1) is 9.60. The van der Waals surface area contributed by atoms with Gasteiger partial charge in [-0.25, -0.2) is 0 Å². The number of nitrogen functional groups attached to an aromatic ring is 1. The van der Waals surface area contributed by atoms with Crippen molar-refractivity contribution in [3.05, 3.63) is 58.1 Å². The zero-order chi connectivity index (χ0) is 14.5. The van der Waals surface area contributed by atoms with Crippen molar-refractivity contribution < 1.29 is 4.74 Å². The van der Waals surface area contributed by atoms with Gasteiger partial charge in [0, 0.05) is 23.2 Å². The molecule has 3 nitrogen and oxygen atoms in total. The van der Waals surface area contributed by atoms with Crippen molar-refractivity contribution in [3.63, 3.8) is 0 Å². The van der Waals surface area contributed by atoms with Gasteiger partial charge in [0.25, 0.3) is 0 Å². The summed E-state index contributed by atoms with van der Waals surface area (Å²) in [5.74, 6) is 0.884. The molecule has 106 valence electrons. The Hall–Kier alpha value is -1.52. The molecule has 0 heterocycles. The first-order valence-electron chi connectivity index (χ1n) is 6.44. The summed E-state index contributed by atoms with van der Waals surface area (Å²) in [6.45, 7) is 1.73. The number of rotatable bonds is 5. The molecule has 0 atom stereocenters. The first-order valence-corrected chi connectivity index (χ1v) is 7.24. The van der Waals surface area contributed by atoms with Gasteiger partial charge in [-0.3, -0.25) is 4.90 Å². The molecule has 0 bridgehead atoms. The van der Waals surface area contributed by atoms with Gasteiger partial charge < -0.3 is 10.5 Å². The topological polar surface area (TPSA) is 38.5 Å². The van der Waals surface area contributed by atoms with E-state index < -0.39 is 0 Å². The van der Waals surface area contributed by atoms with E-state index in [-0.39, 0.29) is 0 Å². The number of methoxy groups -OCH3 is 1. The molecule has 0 aliphatic rings. The summed E-state index contributed by atoms with van der Waals surface area (Å²) in [5, 5.41) is 0. The van der Waals surface area contributed by atoms with Crippen molar-refractivity contribution in [2.75, 3.05) is 19.9 Å². The summed E-state index contributed by atoms with van der Waals surface area (Å²) < 4.78 is 6.15. The van der Waals surface area contributed by atoms with Crippen LogP contribution >= 0.6 is 15.9 Å². The van der Waals surface area contributed by atoms with Crippen LogP contribution in [-0.4, -0.2) is 19.1 Å². The molecular weight excluding hydrogens is 316 g/mol. The van der Waals surface area contributed by atoms with Crippen LogP contribution in [0, 0.1) is 0 Å². The van der Waals surface area contributed by atoms with Gasteiger partial charge in [0.05, 0.1) is 7.11 Å². The van der Waals surface area contributed by atoms with Crippen LogP contribution in [0.5, 0.6) is 5.75 Å². The van der Waals surface area contributed by atoms with E-state index in [0.717, 1.165) is 29.0 Å². The van der Waals surface area contributed by atoms with E-state index in [1.54, 1.807) is 7.11 Å². The maximum Gasteiger partial charge on any atom is 0.118 e. The highest BCUT2D eigenvalue weighted by Gasteiger charge is 2.07. The Balaban J connectivity index is 2.01. The van der Waals surface area contributed by atoms with Crippen molar-refractivity contribution in [1.82, 2.24) is 4.90 Å². The Morgan fingerprint density at radius 1 is 1.10 bits per heavy atom. The lowest BCUT2D eigenvalue weighted by molar-refractivity contribution is 0.318. The predicted octanol–water partition coefficient (Wildman–Crippen LogP) is 3.67. The summed E-state index contributed by atoms with van der Waals surface area (Å²) >= 11 is 3.54. The second kappa shape index (κ2) is 6.77. The summed E-state index contributed by atoms with van der Waals surface area (Å²) in [7, 11) is 3.78. The molecule has 0 unspecified atom stereocenters. The number of ether oxygens (including phenoxy) is 1. The standard InChI is InChI=1S/C16H19BrN2O/c1-19(10-12-6-8-14(20-2)9-7-12)11-13-4-3-5-15(18)16(13)17/h3-9H,10-11,18H2,1-2H3. The SMILES string of the molecule is COc1ccc(CN(C)Cc2cccc(N)c2Br)cc1. The van der Waals surface area contributed by atoms with Crippen molar-refractivity contribution in [1.29, 1.82) is 0 Å². The fraction of sp³-hybridized carbons (Fsp3) is 0.250. The molecule has 2 rings (SSSR count). The van der Waals surface area contributed by atoms with Crippen LogP contribution in [0.15, 0.2) is 46.9 Å². The normalized spacial score (nSPS) is 10.8. The van der Waals surface area contributed by atoms with Crippen molar-refractivity contribution in [3.8, 4) is 5.75 Å². The van der Waals surface area contributed by atoms with E-state index in [1.807, 2.05) is 24.3 Å². The zero-order valence-electron chi connectivity index (χ0n) is 11.8. The van der Waals surface area contributed by atoms with Crippen LogP contribution in [0.25, 0.3) is 0 Å². The van der Waals surface area contributed by atoms with Crippen LogP contribution < -0.4 is 10.5 Å². The molecule has 0 aliphatic carbocycles. The van der Waals surface area contributed by atoms with E-state index in [2.05, 4.69) is 46.1 Å². The highest BCUT2D eigenvalue weighted by molar-refractivity contribution is 9.10. The van der Waals surface area contributed by atoms with Gasteiger partial charge >= 0.3 is 0 Å². The quantitative estimate of drug-likeness (QED) is 0.848. The molecule has 0 fully saturated rings. The lowest BCUT2D eigenvalue weighted by Crippen LogP contribution is -2.17. The summed E-state index contributed by atoms with van der Waals surface area (Å²) in [5.41, 5.74) is 9.13. The Kier molecular flexibility index (Phi) is 5.04. The number of hydrogen-bond acceptors (Lipinski definition) is 3. The van der Waals surface area contributed by atoms with E-state index in [1.165, 1.54) is 11.1 Å². The third-order valence-corrected chi connectivity index (χ3v) is 4.13. The Bertz CT molecular complexity index is 569. The number of benzene rings is 2. The van der Waals surface area contributed by atoms with Crippen LogP contribution in [0.2, 0.25) is 0 Å². The van der Waals surface area contributed by atoms with Gasteiger partial charge in [0.1, 0.15) is 5.75 Å². The Labute approximate surface area is 128 Å². The molecule has 2 aromatic carbocycles. The molecule has 20 heavy (non-hydrogen) atoms. The lowest BCUT2D eigenvalue weighted by atomic mass is 10.1. The number of anilines is 1. The van der Waals surface area contributed by atoms with Gasteiger partial charge in [-0.1, -0.05) is 24.3 Å². The minimum Gasteiger partial charge on any atom is -0.497 e.